The fourth-order valence-corrected chi connectivity index (χ4v) is 2.93. The molecule has 1 aromatic carbocycles. The van der Waals surface area contributed by atoms with Crippen molar-refractivity contribution in [2.24, 2.45) is 0 Å². The van der Waals surface area contributed by atoms with Crippen LogP contribution in [0.1, 0.15) is 52.6 Å². The van der Waals surface area contributed by atoms with Gasteiger partial charge in [-0.3, -0.25) is 9.89 Å². The predicted octanol–water partition coefficient (Wildman–Crippen LogP) is 2.74. The van der Waals surface area contributed by atoms with Gasteiger partial charge in [-0.05, 0) is 24.0 Å². The second-order valence-electron chi connectivity index (χ2n) is 6.10. The third kappa shape index (κ3) is 2.64. The van der Waals surface area contributed by atoms with Crippen LogP contribution in [0.3, 0.4) is 0 Å². The number of rotatable bonds is 3. The zero-order valence-electron chi connectivity index (χ0n) is 13.3. The SMILES string of the molecule is Cc1cccc(C(C)C)c1NC(=O)c1n[nH]c2c1CNCC2. The highest BCUT2D eigenvalue weighted by Gasteiger charge is 2.22. The number of hydrogen-bond donors (Lipinski definition) is 3. The Labute approximate surface area is 130 Å². The summed E-state index contributed by atoms with van der Waals surface area (Å²) in [5.74, 6) is 0.211. The van der Waals surface area contributed by atoms with Gasteiger partial charge >= 0.3 is 0 Å². The molecule has 0 aliphatic carbocycles. The number of carbonyl (C=O) groups excluding carboxylic acids is 1. The minimum atomic E-state index is -0.141. The van der Waals surface area contributed by atoms with Crippen molar-refractivity contribution in [1.82, 2.24) is 15.5 Å². The Morgan fingerprint density at radius 2 is 2.18 bits per heavy atom. The maximum atomic E-state index is 12.7. The molecule has 2 heterocycles. The first kappa shape index (κ1) is 14.8. The number of aromatic amines is 1. The van der Waals surface area contributed by atoms with Crippen molar-refractivity contribution in [1.29, 1.82) is 0 Å². The second-order valence-corrected chi connectivity index (χ2v) is 6.10. The van der Waals surface area contributed by atoms with E-state index in [1.54, 1.807) is 0 Å². The molecule has 2 aromatic rings. The lowest BCUT2D eigenvalue weighted by atomic mass is 9.98. The van der Waals surface area contributed by atoms with Crippen molar-refractivity contribution in [2.75, 3.05) is 11.9 Å². The van der Waals surface area contributed by atoms with Crippen molar-refractivity contribution >= 4 is 11.6 Å². The minimum Gasteiger partial charge on any atom is -0.320 e. The number of nitrogens with zero attached hydrogens (tertiary/aromatic N) is 1. The molecular weight excluding hydrogens is 276 g/mol. The van der Waals surface area contributed by atoms with Crippen LogP contribution in [0.2, 0.25) is 0 Å². The fourth-order valence-electron chi connectivity index (χ4n) is 2.93. The Bertz CT molecular complexity index is 703. The number of aryl methyl sites for hydroxylation is 1. The molecular formula is C17H22N4O. The number of fused-ring (bicyclic) bond motifs is 1. The number of hydrogen-bond acceptors (Lipinski definition) is 3. The number of amides is 1. The first-order valence-electron chi connectivity index (χ1n) is 7.75. The zero-order chi connectivity index (χ0) is 15.7. The topological polar surface area (TPSA) is 69.8 Å². The zero-order valence-corrected chi connectivity index (χ0v) is 13.3. The van der Waals surface area contributed by atoms with E-state index in [2.05, 4.69) is 40.7 Å². The molecule has 116 valence electrons. The summed E-state index contributed by atoms with van der Waals surface area (Å²) in [6.45, 7) is 7.89. The van der Waals surface area contributed by atoms with Crippen LogP contribution in [0.5, 0.6) is 0 Å². The van der Waals surface area contributed by atoms with E-state index in [-0.39, 0.29) is 5.91 Å². The van der Waals surface area contributed by atoms with Crippen molar-refractivity contribution in [3.05, 3.63) is 46.3 Å². The molecule has 0 atom stereocenters. The number of para-hydroxylation sites is 1. The van der Waals surface area contributed by atoms with Gasteiger partial charge in [0, 0.05) is 36.5 Å². The largest absolute Gasteiger partial charge is 0.320 e. The smallest absolute Gasteiger partial charge is 0.276 e. The summed E-state index contributed by atoms with van der Waals surface area (Å²) in [6.07, 6.45) is 0.886. The van der Waals surface area contributed by atoms with Gasteiger partial charge in [-0.25, -0.2) is 0 Å². The third-order valence-electron chi connectivity index (χ3n) is 4.19. The van der Waals surface area contributed by atoms with Crippen molar-refractivity contribution < 1.29 is 4.79 Å². The molecule has 0 bridgehead atoms. The molecule has 0 spiro atoms. The first-order chi connectivity index (χ1) is 10.6. The average molecular weight is 298 g/mol. The van der Waals surface area contributed by atoms with E-state index in [4.69, 9.17) is 0 Å². The van der Waals surface area contributed by atoms with Crippen LogP contribution in [0.25, 0.3) is 0 Å². The molecule has 1 aliphatic rings. The van der Waals surface area contributed by atoms with E-state index in [9.17, 15) is 4.79 Å². The average Bonchev–Trinajstić information content (AvgIpc) is 2.93. The lowest BCUT2D eigenvalue weighted by molar-refractivity contribution is 0.102. The molecule has 22 heavy (non-hydrogen) atoms. The summed E-state index contributed by atoms with van der Waals surface area (Å²) in [6, 6.07) is 6.11. The highest BCUT2D eigenvalue weighted by atomic mass is 16.2. The number of aromatic nitrogens is 2. The number of carbonyl (C=O) groups is 1. The number of H-pyrrole nitrogens is 1. The van der Waals surface area contributed by atoms with E-state index < -0.39 is 0 Å². The van der Waals surface area contributed by atoms with Gasteiger partial charge in [-0.2, -0.15) is 5.10 Å². The molecule has 5 heteroatoms. The van der Waals surface area contributed by atoms with Crippen LogP contribution < -0.4 is 10.6 Å². The Hall–Kier alpha value is -2.14. The molecule has 0 saturated carbocycles. The molecule has 3 rings (SSSR count). The van der Waals surface area contributed by atoms with E-state index in [1.165, 1.54) is 0 Å². The fraction of sp³-hybridized carbons (Fsp3) is 0.412. The Kier molecular flexibility index (Phi) is 3.98. The van der Waals surface area contributed by atoms with Gasteiger partial charge < -0.3 is 10.6 Å². The van der Waals surface area contributed by atoms with E-state index in [0.29, 0.717) is 18.2 Å². The van der Waals surface area contributed by atoms with E-state index >= 15 is 0 Å². The summed E-state index contributed by atoms with van der Waals surface area (Å²) in [5.41, 5.74) is 5.68. The van der Waals surface area contributed by atoms with Gasteiger partial charge in [-0.1, -0.05) is 32.0 Å². The molecule has 0 fully saturated rings. The third-order valence-corrected chi connectivity index (χ3v) is 4.19. The van der Waals surface area contributed by atoms with Crippen LogP contribution in [0, 0.1) is 6.92 Å². The summed E-state index contributed by atoms with van der Waals surface area (Å²) < 4.78 is 0. The normalized spacial score (nSPS) is 14.0. The molecule has 1 aliphatic heterocycles. The van der Waals surface area contributed by atoms with Crippen LogP contribution in [0.4, 0.5) is 5.69 Å². The first-order valence-corrected chi connectivity index (χ1v) is 7.75. The van der Waals surface area contributed by atoms with Crippen LogP contribution >= 0.6 is 0 Å². The lowest BCUT2D eigenvalue weighted by Gasteiger charge is -2.17. The van der Waals surface area contributed by atoms with E-state index in [0.717, 1.165) is 41.0 Å². The van der Waals surface area contributed by atoms with Crippen LogP contribution in [0.15, 0.2) is 18.2 Å². The quantitative estimate of drug-likeness (QED) is 0.816. The van der Waals surface area contributed by atoms with Gasteiger partial charge in [-0.15, -0.1) is 0 Å². The highest BCUT2D eigenvalue weighted by molar-refractivity contribution is 6.05. The van der Waals surface area contributed by atoms with Gasteiger partial charge in [0.1, 0.15) is 0 Å². The summed E-state index contributed by atoms with van der Waals surface area (Å²) >= 11 is 0. The lowest BCUT2D eigenvalue weighted by Crippen LogP contribution is -2.25. The number of nitrogens with one attached hydrogen (secondary N) is 3. The van der Waals surface area contributed by atoms with Gasteiger partial charge in [0.2, 0.25) is 0 Å². The molecule has 0 saturated heterocycles. The predicted molar refractivity (Wildman–Crippen MR) is 87.2 cm³/mol. The van der Waals surface area contributed by atoms with Gasteiger partial charge in [0.05, 0.1) is 0 Å². The monoisotopic (exact) mass is 298 g/mol. The molecule has 5 nitrogen and oxygen atoms in total. The van der Waals surface area contributed by atoms with E-state index in [1.807, 2.05) is 19.1 Å². The highest BCUT2D eigenvalue weighted by Crippen LogP contribution is 2.28. The molecule has 1 amide bonds. The summed E-state index contributed by atoms with van der Waals surface area (Å²) in [5, 5.41) is 13.6. The standard InChI is InChI=1S/C17H22N4O/c1-10(2)12-6-4-5-11(3)15(12)19-17(22)16-13-9-18-8-7-14(13)20-21-16/h4-6,10,18H,7-9H2,1-3H3,(H,19,22)(H,20,21). The molecule has 0 radical (unpaired) electrons. The molecule has 0 unspecified atom stereocenters. The van der Waals surface area contributed by atoms with Crippen molar-refractivity contribution in [3.63, 3.8) is 0 Å². The number of anilines is 1. The molecule has 1 aromatic heterocycles. The molecule has 3 N–H and O–H groups in total. The van der Waals surface area contributed by atoms with Gasteiger partial charge in [0.15, 0.2) is 5.69 Å². The summed E-state index contributed by atoms with van der Waals surface area (Å²) in [7, 11) is 0. The minimum absolute atomic E-state index is 0.141. The van der Waals surface area contributed by atoms with Crippen molar-refractivity contribution in [3.8, 4) is 0 Å². The Morgan fingerprint density at radius 1 is 1.36 bits per heavy atom. The maximum absolute atomic E-state index is 12.7. The Balaban J connectivity index is 1.91. The van der Waals surface area contributed by atoms with Gasteiger partial charge in [0.25, 0.3) is 5.91 Å². The second kappa shape index (κ2) is 5.93. The maximum Gasteiger partial charge on any atom is 0.276 e. The van der Waals surface area contributed by atoms with Crippen LogP contribution in [-0.4, -0.2) is 22.6 Å². The summed E-state index contributed by atoms with van der Waals surface area (Å²) in [4.78, 5) is 12.7. The number of benzene rings is 1. The van der Waals surface area contributed by atoms with Crippen LogP contribution in [-0.2, 0) is 13.0 Å². The van der Waals surface area contributed by atoms with Crippen molar-refractivity contribution in [2.45, 2.75) is 39.7 Å². The Morgan fingerprint density at radius 3 is 2.95 bits per heavy atom.